The van der Waals surface area contributed by atoms with Crippen molar-refractivity contribution in [3.8, 4) is 5.75 Å². The van der Waals surface area contributed by atoms with Crippen molar-refractivity contribution in [2.24, 2.45) is 0 Å². The molecule has 2 aromatic rings. The fourth-order valence-corrected chi connectivity index (χ4v) is 1.63. The normalized spacial score (nSPS) is 10.5. The van der Waals surface area contributed by atoms with E-state index in [1.165, 1.54) is 6.07 Å². The summed E-state index contributed by atoms with van der Waals surface area (Å²) in [6.07, 6.45) is 0. The third kappa shape index (κ3) is 3.31. The first-order valence-corrected chi connectivity index (χ1v) is 5.78. The van der Waals surface area contributed by atoms with Crippen LogP contribution in [0, 0.1) is 23.3 Å². The van der Waals surface area contributed by atoms with Gasteiger partial charge < -0.3 is 10.4 Å². The highest BCUT2D eigenvalue weighted by atomic mass is 19.2. The Hall–Kier alpha value is -2.57. The van der Waals surface area contributed by atoms with Gasteiger partial charge in [-0.15, -0.1) is 0 Å². The number of carbonyl (C=O) groups excluding carboxylic acids is 1. The van der Waals surface area contributed by atoms with E-state index in [1.807, 2.05) is 0 Å². The molecule has 0 saturated heterocycles. The lowest BCUT2D eigenvalue weighted by molar-refractivity contribution is 0.0949. The van der Waals surface area contributed by atoms with Crippen LogP contribution in [0.1, 0.15) is 15.9 Å². The maximum atomic E-state index is 13.1. The molecule has 7 heteroatoms. The Morgan fingerprint density at radius 1 is 1.00 bits per heavy atom. The molecule has 21 heavy (non-hydrogen) atoms. The minimum atomic E-state index is -1.66. The zero-order valence-electron chi connectivity index (χ0n) is 10.5. The monoisotopic (exact) mass is 299 g/mol. The molecule has 0 aliphatic rings. The van der Waals surface area contributed by atoms with E-state index < -0.39 is 40.5 Å². The van der Waals surface area contributed by atoms with Crippen molar-refractivity contribution >= 4 is 5.91 Å². The maximum absolute atomic E-state index is 13.1. The molecule has 0 spiro atoms. The summed E-state index contributed by atoms with van der Waals surface area (Å²) in [5, 5.41) is 11.3. The third-order valence-electron chi connectivity index (χ3n) is 2.71. The van der Waals surface area contributed by atoms with Crippen LogP contribution in [0.4, 0.5) is 17.6 Å². The molecule has 0 bridgehead atoms. The van der Waals surface area contributed by atoms with Crippen LogP contribution in [0.25, 0.3) is 0 Å². The molecule has 0 atom stereocenters. The first-order chi connectivity index (χ1) is 9.88. The van der Waals surface area contributed by atoms with Gasteiger partial charge in [0.25, 0.3) is 5.91 Å². The van der Waals surface area contributed by atoms with Gasteiger partial charge in [-0.1, -0.05) is 6.07 Å². The largest absolute Gasteiger partial charge is 0.505 e. The molecule has 0 aliphatic carbocycles. The van der Waals surface area contributed by atoms with E-state index >= 15 is 0 Å². The standard InChI is InChI=1S/C14H9F4NO2/c15-9-3-7(1-2-12(9)20)6-19-14(21)8-4-10(16)13(18)11(17)5-8/h1-5,20H,6H2,(H,19,21). The second-order valence-electron chi connectivity index (χ2n) is 4.22. The molecule has 110 valence electrons. The summed E-state index contributed by atoms with van der Waals surface area (Å²) in [5.41, 5.74) is -0.0626. The van der Waals surface area contributed by atoms with E-state index in [1.54, 1.807) is 0 Å². The summed E-state index contributed by atoms with van der Waals surface area (Å²) >= 11 is 0. The topological polar surface area (TPSA) is 49.3 Å². The van der Waals surface area contributed by atoms with Crippen molar-refractivity contribution in [2.45, 2.75) is 6.54 Å². The highest BCUT2D eigenvalue weighted by Crippen LogP contribution is 2.16. The first kappa shape index (κ1) is 14.8. The molecule has 3 nitrogen and oxygen atoms in total. The molecular weight excluding hydrogens is 290 g/mol. The maximum Gasteiger partial charge on any atom is 0.251 e. The van der Waals surface area contributed by atoms with Gasteiger partial charge >= 0.3 is 0 Å². The number of amides is 1. The minimum Gasteiger partial charge on any atom is -0.505 e. The fraction of sp³-hybridized carbons (Fsp3) is 0.0714. The summed E-state index contributed by atoms with van der Waals surface area (Å²) in [6, 6.07) is 4.59. The molecule has 2 aromatic carbocycles. The van der Waals surface area contributed by atoms with E-state index in [-0.39, 0.29) is 6.54 Å². The number of hydrogen-bond donors (Lipinski definition) is 2. The summed E-state index contributed by atoms with van der Waals surface area (Å²) in [7, 11) is 0. The van der Waals surface area contributed by atoms with Crippen molar-refractivity contribution in [1.29, 1.82) is 0 Å². The molecule has 0 radical (unpaired) electrons. The number of aromatic hydroxyl groups is 1. The molecule has 0 saturated carbocycles. The van der Waals surface area contributed by atoms with Crippen LogP contribution in [0.15, 0.2) is 30.3 Å². The van der Waals surface area contributed by atoms with E-state index in [0.29, 0.717) is 17.7 Å². The number of rotatable bonds is 3. The van der Waals surface area contributed by atoms with Gasteiger partial charge in [0.2, 0.25) is 0 Å². The van der Waals surface area contributed by atoms with Crippen molar-refractivity contribution in [3.63, 3.8) is 0 Å². The highest BCUT2D eigenvalue weighted by molar-refractivity contribution is 5.94. The predicted molar refractivity (Wildman–Crippen MR) is 65.6 cm³/mol. The summed E-state index contributed by atoms with van der Waals surface area (Å²) < 4.78 is 51.8. The van der Waals surface area contributed by atoms with Gasteiger partial charge in [0, 0.05) is 12.1 Å². The number of phenolic OH excluding ortho intramolecular Hbond substituents is 1. The Kier molecular flexibility index (Phi) is 4.11. The zero-order valence-corrected chi connectivity index (χ0v) is 10.5. The SMILES string of the molecule is O=C(NCc1ccc(O)c(F)c1)c1cc(F)c(F)c(F)c1. The van der Waals surface area contributed by atoms with E-state index in [9.17, 15) is 22.4 Å². The zero-order chi connectivity index (χ0) is 15.6. The Balaban J connectivity index is 2.10. The van der Waals surface area contributed by atoms with Crippen LogP contribution in [0.5, 0.6) is 5.75 Å². The lowest BCUT2D eigenvalue weighted by Gasteiger charge is -2.07. The van der Waals surface area contributed by atoms with Crippen LogP contribution in [0.2, 0.25) is 0 Å². The molecule has 0 fully saturated rings. The van der Waals surface area contributed by atoms with Crippen molar-refractivity contribution < 1.29 is 27.5 Å². The number of phenols is 1. The van der Waals surface area contributed by atoms with E-state index in [4.69, 9.17) is 5.11 Å². The van der Waals surface area contributed by atoms with Crippen LogP contribution >= 0.6 is 0 Å². The lowest BCUT2D eigenvalue weighted by atomic mass is 10.1. The molecule has 0 aliphatic heterocycles. The van der Waals surface area contributed by atoms with Gasteiger partial charge in [0.1, 0.15) is 0 Å². The van der Waals surface area contributed by atoms with Crippen LogP contribution in [-0.2, 0) is 6.54 Å². The summed E-state index contributed by atoms with van der Waals surface area (Å²) in [4.78, 5) is 11.7. The number of hydrogen-bond acceptors (Lipinski definition) is 2. The average molecular weight is 299 g/mol. The predicted octanol–water partition coefficient (Wildman–Crippen LogP) is 2.88. The summed E-state index contributed by atoms with van der Waals surface area (Å²) in [5.74, 6) is -6.85. The van der Waals surface area contributed by atoms with Gasteiger partial charge in [-0.2, -0.15) is 0 Å². The Morgan fingerprint density at radius 2 is 1.62 bits per heavy atom. The molecule has 2 rings (SSSR count). The Labute approximate surface area is 116 Å². The quantitative estimate of drug-likeness (QED) is 0.676. The van der Waals surface area contributed by atoms with Crippen molar-refractivity contribution in [3.05, 3.63) is 64.7 Å². The van der Waals surface area contributed by atoms with Gasteiger partial charge in [0.15, 0.2) is 29.0 Å². The van der Waals surface area contributed by atoms with E-state index in [0.717, 1.165) is 12.1 Å². The molecule has 2 N–H and O–H groups in total. The molecule has 1 amide bonds. The average Bonchev–Trinajstić information content (AvgIpc) is 2.45. The minimum absolute atomic E-state index is 0.128. The van der Waals surface area contributed by atoms with Gasteiger partial charge in [0.05, 0.1) is 0 Å². The Bertz CT molecular complexity index is 680. The number of nitrogens with one attached hydrogen (secondary N) is 1. The highest BCUT2D eigenvalue weighted by Gasteiger charge is 2.15. The molecule has 0 unspecified atom stereocenters. The smallest absolute Gasteiger partial charge is 0.251 e. The molecule has 0 aromatic heterocycles. The second-order valence-corrected chi connectivity index (χ2v) is 4.22. The number of benzene rings is 2. The van der Waals surface area contributed by atoms with Gasteiger partial charge in [-0.05, 0) is 29.8 Å². The van der Waals surface area contributed by atoms with E-state index in [2.05, 4.69) is 5.32 Å². The Morgan fingerprint density at radius 3 is 2.19 bits per heavy atom. The van der Waals surface area contributed by atoms with Crippen LogP contribution < -0.4 is 5.32 Å². The number of carbonyl (C=O) groups is 1. The number of halogens is 4. The molecule has 0 heterocycles. The first-order valence-electron chi connectivity index (χ1n) is 5.78. The van der Waals surface area contributed by atoms with Crippen molar-refractivity contribution in [1.82, 2.24) is 5.32 Å². The van der Waals surface area contributed by atoms with Crippen LogP contribution in [0.3, 0.4) is 0 Å². The third-order valence-corrected chi connectivity index (χ3v) is 2.71. The second kappa shape index (κ2) is 5.82. The van der Waals surface area contributed by atoms with Crippen molar-refractivity contribution in [2.75, 3.05) is 0 Å². The summed E-state index contributed by atoms with van der Waals surface area (Å²) in [6.45, 7) is -0.128. The van der Waals surface area contributed by atoms with Gasteiger partial charge in [-0.25, -0.2) is 17.6 Å². The lowest BCUT2D eigenvalue weighted by Crippen LogP contribution is -2.23. The van der Waals surface area contributed by atoms with Crippen LogP contribution in [-0.4, -0.2) is 11.0 Å². The molecular formula is C14H9F4NO2. The fourth-order valence-electron chi connectivity index (χ4n) is 1.63. The van der Waals surface area contributed by atoms with Gasteiger partial charge in [-0.3, -0.25) is 4.79 Å².